The van der Waals surface area contributed by atoms with Gasteiger partial charge in [-0.2, -0.15) is 0 Å². The van der Waals surface area contributed by atoms with E-state index in [1.807, 2.05) is 121 Å². The molecule has 53 heavy (non-hydrogen) atoms. The van der Waals surface area contributed by atoms with Crippen molar-refractivity contribution in [3.8, 4) is 23.0 Å². The Morgan fingerprint density at radius 3 is 1.36 bits per heavy atom. The second-order valence-corrected chi connectivity index (χ2v) is 13.0. The van der Waals surface area contributed by atoms with Gasteiger partial charge in [0.2, 0.25) is 0 Å². The van der Waals surface area contributed by atoms with Crippen LogP contribution in [0, 0.1) is 0 Å². The molecule has 0 bridgehead atoms. The van der Waals surface area contributed by atoms with Gasteiger partial charge < -0.3 is 28.4 Å². The summed E-state index contributed by atoms with van der Waals surface area (Å²) in [6, 6.07) is 40.6. The van der Waals surface area contributed by atoms with Crippen molar-refractivity contribution in [1.82, 2.24) is 0 Å². The van der Waals surface area contributed by atoms with E-state index in [1.54, 1.807) is 6.07 Å². The third-order valence-corrected chi connectivity index (χ3v) is 8.96. The SMILES string of the molecule is CC(=O)OC(COc1cccc2ccccc12)COc1c2ccccc2c(OCC(COc2cccc3ccccc23)OC(C)=O)c2cc(Cl)ccc12. The van der Waals surface area contributed by atoms with Gasteiger partial charge in [0, 0.05) is 51.2 Å². The van der Waals surface area contributed by atoms with Crippen molar-refractivity contribution < 1.29 is 38.0 Å². The standard InChI is InChI=1S/C44H37ClO8/c1-28(46)52-33(24-48-41-19-9-13-30-11-3-5-15-35(30)41)26-50-43-37-17-7-8-18-38(37)44(40-23-32(45)21-22-39(40)43)51-27-34(53-29(2)47)25-49-42-20-10-14-31-12-4-6-16-36(31)42/h3-23,33-34H,24-27H2,1-2H3. The molecule has 0 heterocycles. The van der Waals surface area contributed by atoms with Crippen LogP contribution in [0.25, 0.3) is 43.1 Å². The Bertz CT molecular complexity index is 2420. The summed E-state index contributed by atoms with van der Waals surface area (Å²) in [5.41, 5.74) is 0. The Morgan fingerprint density at radius 2 is 0.868 bits per heavy atom. The second-order valence-electron chi connectivity index (χ2n) is 12.6. The third-order valence-electron chi connectivity index (χ3n) is 8.73. The van der Waals surface area contributed by atoms with Gasteiger partial charge >= 0.3 is 11.9 Å². The first-order chi connectivity index (χ1) is 25.8. The van der Waals surface area contributed by atoms with Crippen LogP contribution in [-0.4, -0.2) is 50.6 Å². The summed E-state index contributed by atoms with van der Waals surface area (Å²) in [7, 11) is 0. The molecule has 7 aromatic rings. The lowest BCUT2D eigenvalue weighted by atomic mass is 10.0. The molecule has 0 aliphatic rings. The molecule has 0 aliphatic carbocycles. The van der Waals surface area contributed by atoms with Gasteiger partial charge in [0.1, 0.15) is 49.4 Å². The number of ether oxygens (including phenoxy) is 6. The lowest BCUT2D eigenvalue weighted by Crippen LogP contribution is -2.30. The molecule has 0 spiro atoms. The molecule has 2 unspecified atom stereocenters. The molecule has 7 aromatic carbocycles. The van der Waals surface area contributed by atoms with Crippen LogP contribution in [-0.2, 0) is 19.1 Å². The lowest BCUT2D eigenvalue weighted by Gasteiger charge is -2.23. The van der Waals surface area contributed by atoms with Gasteiger partial charge in [-0.1, -0.05) is 109 Å². The van der Waals surface area contributed by atoms with E-state index in [2.05, 4.69) is 0 Å². The van der Waals surface area contributed by atoms with Crippen molar-refractivity contribution in [3.05, 3.63) is 132 Å². The number of hydrogen-bond donors (Lipinski definition) is 0. The van der Waals surface area contributed by atoms with E-state index in [0.717, 1.165) is 37.7 Å². The molecule has 9 heteroatoms. The van der Waals surface area contributed by atoms with Crippen LogP contribution in [0.1, 0.15) is 13.8 Å². The minimum absolute atomic E-state index is 0.0101. The van der Waals surface area contributed by atoms with Crippen molar-refractivity contribution >= 4 is 66.6 Å². The summed E-state index contributed by atoms with van der Waals surface area (Å²) in [5, 5.41) is 7.44. The van der Waals surface area contributed by atoms with Crippen molar-refractivity contribution in [3.63, 3.8) is 0 Å². The maximum Gasteiger partial charge on any atom is 0.303 e. The van der Waals surface area contributed by atoms with Gasteiger partial charge in [-0.05, 0) is 41.1 Å². The van der Waals surface area contributed by atoms with Crippen LogP contribution in [0.3, 0.4) is 0 Å². The Balaban J connectivity index is 1.15. The van der Waals surface area contributed by atoms with Crippen LogP contribution in [0.5, 0.6) is 23.0 Å². The van der Waals surface area contributed by atoms with Crippen LogP contribution in [0.2, 0.25) is 5.02 Å². The van der Waals surface area contributed by atoms with E-state index < -0.39 is 24.1 Å². The highest BCUT2D eigenvalue weighted by Gasteiger charge is 2.22. The number of benzene rings is 7. The zero-order chi connectivity index (χ0) is 36.7. The van der Waals surface area contributed by atoms with Gasteiger partial charge in [-0.3, -0.25) is 9.59 Å². The molecular formula is C44H37ClO8. The minimum atomic E-state index is -0.721. The van der Waals surface area contributed by atoms with Gasteiger partial charge in [-0.15, -0.1) is 0 Å². The normalized spacial score (nSPS) is 12.4. The van der Waals surface area contributed by atoms with E-state index in [0.29, 0.717) is 33.4 Å². The largest absolute Gasteiger partial charge is 0.489 e. The molecule has 2 atom stereocenters. The molecule has 268 valence electrons. The highest BCUT2D eigenvalue weighted by atomic mass is 35.5. The molecule has 0 N–H and O–H groups in total. The molecule has 0 aliphatic heterocycles. The number of carbonyl (C=O) groups excluding carboxylic acids is 2. The van der Waals surface area contributed by atoms with Gasteiger partial charge in [-0.25, -0.2) is 0 Å². The number of fused-ring (bicyclic) bond motifs is 4. The molecule has 7 rings (SSSR count). The van der Waals surface area contributed by atoms with E-state index in [9.17, 15) is 9.59 Å². The van der Waals surface area contributed by atoms with Crippen molar-refractivity contribution in [2.24, 2.45) is 0 Å². The van der Waals surface area contributed by atoms with Crippen molar-refractivity contribution in [2.75, 3.05) is 26.4 Å². The Morgan fingerprint density at radius 1 is 0.472 bits per heavy atom. The zero-order valence-electron chi connectivity index (χ0n) is 29.3. The maximum atomic E-state index is 12.2. The Hall–Kier alpha value is -5.99. The van der Waals surface area contributed by atoms with E-state index >= 15 is 0 Å². The number of halogens is 1. The minimum Gasteiger partial charge on any atom is -0.489 e. The lowest BCUT2D eigenvalue weighted by molar-refractivity contribution is -0.150. The van der Waals surface area contributed by atoms with E-state index in [4.69, 9.17) is 40.0 Å². The topological polar surface area (TPSA) is 89.5 Å². The van der Waals surface area contributed by atoms with Crippen LogP contribution in [0.15, 0.2) is 127 Å². The van der Waals surface area contributed by atoms with Gasteiger partial charge in [0.25, 0.3) is 0 Å². The zero-order valence-corrected chi connectivity index (χ0v) is 30.0. The van der Waals surface area contributed by atoms with E-state index in [-0.39, 0.29) is 26.4 Å². The smallest absolute Gasteiger partial charge is 0.303 e. The van der Waals surface area contributed by atoms with Crippen LogP contribution in [0.4, 0.5) is 0 Å². The number of esters is 2. The predicted molar refractivity (Wildman–Crippen MR) is 207 cm³/mol. The molecular weight excluding hydrogens is 692 g/mol. The average Bonchev–Trinajstić information content (AvgIpc) is 3.16. The number of hydrogen-bond acceptors (Lipinski definition) is 8. The fraction of sp³-hybridized carbons (Fsp3) is 0.182. The molecule has 8 nitrogen and oxygen atoms in total. The van der Waals surface area contributed by atoms with Gasteiger partial charge in [0.15, 0.2) is 12.2 Å². The fourth-order valence-corrected chi connectivity index (χ4v) is 6.62. The van der Waals surface area contributed by atoms with E-state index in [1.165, 1.54) is 13.8 Å². The fourth-order valence-electron chi connectivity index (χ4n) is 6.45. The molecule has 0 fully saturated rings. The quantitative estimate of drug-likeness (QED) is 0.0808. The molecule has 0 saturated heterocycles. The van der Waals surface area contributed by atoms with Crippen molar-refractivity contribution in [1.29, 1.82) is 0 Å². The van der Waals surface area contributed by atoms with Gasteiger partial charge in [0.05, 0.1) is 0 Å². The summed E-state index contributed by atoms with van der Waals surface area (Å²) >= 11 is 6.56. The first kappa shape index (κ1) is 35.4. The molecule has 0 saturated carbocycles. The van der Waals surface area contributed by atoms with Crippen LogP contribution < -0.4 is 18.9 Å². The van der Waals surface area contributed by atoms with Crippen molar-refractivity contribution in [2.45, 2.75) is 26.1 Å². The Kier molecular flexibility index (Phi) is 10.8. The van der Waals surface area contributed by atoms with Crippen LogP contribution >= 0.6 is 11.6 Å². The monoisotopic (exact) mass is 728 g/mol. The molecule has 0 amide bonds. The third kappa shape index (κ3) is 8.24. The molecule has 0 aromatic heterocycles. The maximum absolute atomic E-state index is 12.2. The molecule has 0 radical (unpaired) electrons. The summed E-state index contributed by atoms with van der Waals surface area (Å²) in [6.07, 6.45) is -1.43. The number of rotatable bonds is 14. The Labute approximate surface area is 311 Å². The highest BCUT2D eigenvalue weighted by Crippen LogP contribution is 2.44. The summed E-state index contributed by atoms with van der Waals surface area (Å²) < 4.78 is 36.7. The first-order valence-electron chi connectivity index (χ1n) is 17.3. The summed E-state index contributed by atoms with van der Waals surface area (Å²) in [4.78, 5) is 24.3. The number of carbonyl (C=O) groups is 2. The second kappa shape index (κ2) is 16.1. The summed E-state index contributed by atoms with van der Waals surface area (Å²) in [5.74, 6) is 1.58. The first-order valence-corrected chi connectivity index (χ1v) is 17.7. The predicted octanol–water partition coefficient (Wildman–Crippen LogP) is 9.73. The summed E-state index contributed by atoms with van der Waals surface area (Å²) in [6.45, 7) is 2.90. The highest BCUT2D eigenvalue weighted by molar-refractivity contribution is 6.31. The average molecular weight is 729 g/mol.